The molecule has 0 N–H and O–H groups in total. The van der Waals surface area contributed by atoms with Gasteiger partial charge in [-0.25, -0.2) is 0 Å². The van der Waals surface area contributed by atoms with Crippen LogP contribution in [-0.2, 0) is 0 Å². The molecule has 0 bridgehead atoms. The van der Waals surface area contributed by atoms with Crippen molar-refractivity contribution in [2.45, 2.75) is 13.8 Å². The monoisotopic (exact) mass is 207 g/mol. The minimum Gasteiger partial charge on any atom is -0.192 e. The summed E-state index contributed by atoms with van der Waals surface area (Å²) in [6.07, 6.45) is 0. The maximum absolute atomic E-state index is 8.88. The molecule has 0 unspecified atom stereocenters. The predicted octanol–water partition coefficient (Wildman–Crippen LogP) is 3.84. The smallest absolute Gasteiger partial charge is 0.0994 e. The lowest BCUT2D eigenvalue weighted by molar-refractivity contribution is 1.38. The fraction of sp³-hybridized carbons (Fsp3) is 0.133. The number of hydrogen-bond acceptors (Lipinski definition) is 1. The third kappa shape index (κ3) is 1.83. The summed E-state index contributed by atoms with van der Waals surface area (Å²) in [7, 11) is 0. The average molecular weight is 207 g/mol. The van der Waals surface area contributed by atoms with Gasteiger partial charge in [0.15, 0.2) is 0 Å². The molecule has 0 saturated heterocycles. The van der Waals surface area contributed by atoms with Crippen molar-refractivity contribution in [2.24, 2.45) is 0 Å². The Morgan fingerprint density at radius 1 is 0.938 bits per heavy atom. The molecule has 2 rings (SSSR count). The van der Waals surface area contributed by atoms with Crippen LogP contribution in [0.2, 0.25) is 0 Å². The Labute approximate surface area is 96.0 Å². The second-order valence-corrected chi connectivity index (χ2v) is 3.96. The summed E-state index contributed by atoms with van der Waals surface area (Å²) in [6, 6.07) is 16.4. The lowest BCUT2D eigenvalue weighted by Gasteiger charge is -2.07. The number of benzene rings is 2. The van der Waals surface area contributed by atoms with Crippen molar-refractivity contribution < 1.29 is 0 Å². The molecule has 0 radical (unpaired) electrons. The zero-order valence-electron chi connectivity index (χ0n) is 9.49. The van der Waals surface area contributed by atoms with Crippen LogP contribution in [0.4, 0.5) is 0 Å². The Morgan fingerprint density at radius 3 is 2.31 bits per heavy atom. The normalized spacial score (nSPS) is 9.81. The van der Waals surface area contributed by atoms with Gasteiger partial charge >= 0.3 is 0 Å². The van der Waals surface area contributed by atoms with Crippen LogP contribution in [0.5, 0.6) is 0 Å². The molecule has 2 aromatic carbocycles. The summed E-state index contributed by atoms with van der Waals surface area (Å²) >= 11 is 0. The molecule has 0 heterocycles. The topological polar surface area (TPSA) is 23.8 Å². The molecule has 0 amide bonds. The Morgan fingerprint density at radius 2 is 1.69 bits per heavy atom. The molecule has 0 atom stereocenters. The number of nitriles is 1. The fourth-order valence-corrected chi connectivity index (χ4v) is 1.85. The van der Waals surface area contributed by atoms with Crippen LogP contribution in [0.3, 0.4) is 0 Å². The Balaban J connectivity index is 2.55. The number of nitrogens with zero attached hydrogens (tertiary/aromatic N) is 1. The Bertz CT molecular complexity index is 562. The lowest BCUT2D eigenvalue weighted by Crippen LogP contribution is -1.86. The standard InChI is InChI=1S/C15H13N/c1-11-5-3-4-6-15(11)13-7-8-14(10-16)12(2)9-13/h3-9H,1-2H3. The highest BCUT2D eigenvalue weighted by Crippen LogP contribution is 2.24. The molecule has 0 aliphatic rings. The van der Waals surface area contributed by atoms with Gasteiger partial charge in [0.1, 0.15) is 0 Å². The van der Waals surface area contributed by atoms with E-state index in [1.807, 2.05) is 31.2 Å². The van der Waals surface area contributed by atoms with Crippen molar-refractivity contribution in [3.63, 3.8) is 0 Å². The van der Waals surface area contributed by atoms with Gasteiger partial charge in [-0.15, -0.1) is 0 Å². The highest BCUT2D eigenvalue weighted by Gasteiger charge is 2.03. The summed E-state index contributed by atoms with van der Waals surface area (Å²) in [5.74, 6) is 0. The van der Waals surface area contributed by atoms with E-state index >= 15 is 0 Å². The van der Waals surface area contributed by atoms with Gasteiger partial charge in [0, 0.05) is 0 Å². The molecular formula is C15H13N. The van der Waals surface area contributed by atoms with E-state index in [-0.39, 0.29) is 0 Å². The fourth-order valence-electron chi connectivity index (χ4n) is 1.85. The van der Waals surface area contributed by atoms with Crippen LogP contribution in [0.15, 0.2) is 42.5 Å². The zero-order chi connectivity index (χ0) is 11.5. The zero-order valence-corrected chi connectivity index (χ0v) is 9.49. The maximum Gasteiger partial charge on any atom is 0.0994 e. The molecule has 1 nitrogen and oxygen atoms in total. The first-order chi connectivity index (χ1) is 7.72. The van der Waals surface area contributed by atoms with Crippen molar-refractivity contribution in [3.05, 3.63) is 59.2 Å². The molecule has 78 valence electrons. The van der Waals surface area contributed by atoms with Gasteiger partial charge in [0.2, 0.25) is 0 Å². The van der Waals surface area contributed by atoms with E-state index in [1.54, 1.807) is 0 Å². The highest BCUT2D eigenvalue weighted by atomic mass is 14.2. The average Bonchev–Trinajstić information content (AvgIpc) is 2.29. The van der Waals surface area contributed by atoms with Crippen molar-refractivity contribution in [1.29, 1.82) is 5.26 Å². The molecule has 1 heteroatoms. The second kappa shape index (κ2) is 4.20. The summed E-state index contributed by atoms with van der Waals surface area (Å²) in [5.41, 5.74) is 5.44. The largest absolute Gasteiger partial charge is 0.192 e. The van der Waals surface area contributed by atoms with Crippen molar-refractivity contribution >= 4 is 0 Å². The summed E-state index contributed by atoms with van der Waals surface area (Å²) in [5, 5.41) is 8.88. The number of aryl methyl sites for hydroxylation is 2. The van der Waals surface area contributed by atoms with E-state index in [1.165, 1.54) is 16.7 Å². The molecule has 0 aliphatic carbocycles. The van der Waals surface area contributed by atoms with Gasteiger partial charge in [-0.2, -0.15) is 5.26 Å². The first kappa shape index (κ1) is 10.4. The molecule has 16 heavy (non-hydrogen) atoms. The van der Waals surface area contributed by atoms with Gasteiger partial charge in [0.05, 0.1) is 11.6 Å². The minimum atomic E-state index is 0.748. The van der Waals surface area contributed by atoms with E-state index in [0.717, 1.165) is 11.1 Å². The van der Waals surface area contributed by atoms with Gasteiger partial charge in [-0.3, -0.25) is 0 Å². The highest BCUT2D eigenvalue weighted by molar-refractivity contribution is 5.68. The van der Waals surface area contributed by atoms with Crippen molar-refractivity contribution in [3.8, 4) is 17.2 Å². The quantitative estimate of drug-likeness (QED) is 0.697. The molecule has 2 aromatic rings. The summed E-state index contributed by atoms with van der Waals surface area (Å²) in [6.45, 7) is 4.07. The van der Waals surface area contributed by atoms with Crippen LogP contribution in [0.1, 0.15) is 16.7 Å². The molecular weight excluding hydrogens is 194 g/mol. The Hall–Kier alpha value is -2.07. The van der Waals surface area contributed by atoms with Gasteiger partial charge < -0.3 is 0 Å². The van der Waals surface area contributed by atoms with Crippen LogP contribution in [0.25, 0.3) is 11.1 Å². The third-order valence-corrected chi connectivity index (χ3v) is 2.80. The summed E-state index contributed by atoms with van der Waals surface area (Å²) in [4.78, 5) is 0. The van der Waals surface area contributed by atoms with E-state index in [4.69, 9.17) is 5.26 Å². The predicted molar refractivity (Wildman–Crippen MR) is 66.1 cm³/mol. The number of hydrogen-bond donors (Lipinski definition) is 0. The second-order valence-electron chi connectivity index (χ2n) is 3.96. The van der Waals surface area contributed by atoms with Crippen molar-refractivity contribution in [2.75, 3.05) is 0 Å². The van der Waals surface area contributed by atoms with Crippen LogP contribution >= 0.6 is 0 Å². The molecule has 0 aliphatic heterocycles. The summed E-state index contributed by atoms with van der Waals surface area (Å²) < 4.78 is 0. The maximum atomic E-state index is 8.88. The number of rotatable bonds is 1. The molecule has 0 saturated carbocycles. The third-order valence-electron chi connectivity index (χ3n) is 2.80. The SMILES string of the molecule is Cc1cc(-c2ccccc2C)ccc1C#N. The van der Waals surface area contributed by atoms with Gasteiger partial charge in [-0.05, 0) is 42.2 Å². The lowest BCUT2D eigenvalue weighted by atomic mass is 9.97. The first-order valence-electron chi connectivity index (χ1n) is 5.29. The van der Waals surface area contributed by atoms with E-state index in [0.29, 0.717) is 0 Å². The van der Waals surface area contributed by atoms with Crippen LogP contribution in [0, 0.1) is 25.2 Å². The van der Waals surface area contributed by atoms with Crippen LogP contribution in [-0.4, -0.2) is 0 Å². The van der Waals surface area contributed by atoms with Gasteiger partial charge in [-0.1, -0.05) is 36.4 Å². The van der Waals surface area contributed by atoms with E-state index in [9.17, 15) is 0 Å². The van der Waals surface area contributed by atoms with Crippen LogP contribution < -0.4 is 0 Å². The minimum absolute atomic E-state index is 0.748. The van der Waals surface area contributed by atoms with E-state index in [2.05, 4.69) is 31.2 Å². The van der Waals surface area contributed by atoms with E-state index < -0.39 is 0 Å². The van der Waals surface area contributed by atoms with Crippen molar-refractivity contribution in [1.82, 2.24) is 0 Å². The molecule has 0 spiro atoms. The molecule has 0 fully saturated rings. The molecule has 0 aromatic heterocycles. The van der Waals surface area contributed by atoms with Gasteiger partial charge in [0.25, 0.3) is 0 Å². The first-order valence-corrected chi connectivity index (χ1v) is 5.29. The Kier molecular flexibility index (Phi) is 2.74.